The Labute approximate surface area is 90.1 Å². The molecule has 0 aromatic heterocycles. The number of carbonyl (C=O) groups excluding carboxylic acids is 2. The van der Waals surface area contributed by atoms with Crippen LogP contribution in [0.5, 0.6) is 0 Å². The van der Waals surface area contributed by atoms with Crippen LogP contribution in [-0.2, 0) is 19.1 Å². The summed E-state index contributed by atoms with van der Waals surface area (Å²) in [5.74, 6) is -0.385. The SMILES string of the molecule is COC(=O)[C@@H]1C[C@@H]2CC(=O)O[C@@H]2[C@H]1Br. The van der Waals surface area contributed by atoms with E-state index in [0.717, 1.165) is 0 Å². The Morgan fingerprint density at radius 1 is 1.64 bits per heavy atom. The molecule has 0 amide bonds. The number of rotatable bonds is 1. The van der Waals surface area contributed by atoms with Gasteiger partial charge in [-0.3, -0.25) is 9.59 Å². The quantitative estimate of drug-likeness (QED) is 0.520. The fourth-order valence-electron chi connectivity index (χ4n) is 2.23. The normalized spacial score (nSPS) is 40.6. The molecule has 4 atom stereocenters. The lowest BCUT2D eigenvalue weighted by atomic mass is 10.0. The third kappa shape index (κ3) is 1.43. The predicted octanol–water partition coefficient (Wildman–Crippen LogP) is 0.874. The van der Waals surface area contributed by atoms with Crippen molar-refractivity contribution in [2.24, 2.45) is 11.8 Å². The Morgan fingerprint density at radius 3 is 2.93 bits per heavy atom. The van der Waals surface area contributed by atoms with Crippen molar-refractivity contribution in [2.75, 3.05) is 7.11 Å². The second-order valence-electron chi connectivity index (χ2n) is 3.73. The lowest BCUT2D eigenvalue weighted by Crippen LogP contribution is -2.27. The fourth-order valence-corrected chi connectivity index (χ4v) is 3.20. The number of fused-ring (bicyclic) bond motifs is 1. The van der Waals surface area contributed by atoms with E-state index in [2.05, 4.69) is 20.7 Å². The summed E-state index contributed by atoms with van der Waals surface area (Å²) in [5, 5.41) is 0. The summed E-state index contributed by atoms with van der Waals surface area (Å²) in [4.78, 5) is 22.2. The highest BCUT2D eigenvalue weighted by Gasteiger charge is 2.51. The molecule has 2 aliphatic rings. The first-order chi connectivity index (χ1) is 6.63. The van der Waals surface area contributed by atoms with E-state index in [-0.39, 0.29) is 34.7 Å². The Hall–Kier alpha value is -0.580. The summed E-state index contributed by atoms with van der Waals surface area (Å²) < 4.78 is 9.82. The van der Waals surface area contributed by atoms with Crippen LogP contribution < -0.4 is 0 Å². The van der Waals surface area contributed by atoms with Crippen molar-refractivity contribution >= 4 is 27.9 Å². The molecule has 0 spiro atoms. The minimum Gasteiger partial charge on any atom is -0.469 e. The maximum atomic E-state index is 11.3. The van der Waals surface area contributed by atoms with Crippen LogP contribution in [0.4, 0.5) is 0 Å². The summed E-state index contributed by atoms with van der Waals surface area (Å²) in [7, 11) is 1.38. The lowest BCUT2D eigenvalue weighted by Gasteiger charge is -2.15. The van der Waals surface area contributed by atoms with Crippen molar-refractivity contribution in [2.45, 2.75) is 23.8 Å². The van der Waals surface area contributed by atoms with Gasteiger partial charge in [0.1, 0.15) is 6.10 Å². The average molecular weight is 263 g/mol. The zero-order chi connectivity index (χ0) is 10.3. The highest BCUT2D eigenvalue weighted by molar-refractivity contribution is 9.09. The molecule has 1 saturated heterocycles. The van der Waals surface area contributed by atoms with Crippen molar-refractivity contribution in [1.82, 2.24) is 0 Å². The maximum absolute atomic E-state index is 11.3. The van der Waals surface area contributed by atoms with Gasteiger partial charge in [-0.05, 0) is 6.42 Å². The van der Waals surface area contributed by atoms with Crippen LogP contribution in [0.15, 0.2) is 0 Å². The van der Waals surface area contributed by atoms with Crippen LogP contribution >= 0.6 is 15.9 Å². The number of carbonyl (C=O) groups is 2. The first-order valence-corrected chi connectivity index (χ1v) is 5.46. The van der Waals surface area contributed by atoms with Gasteiger partial charge in [0.15, 0.2) is 0 Å². The summed E-state index contributed by atoms with van der Waals surface area (Å²) in [6.07, 6.45) is 0.964. The fraction of sp³-hybridized carbons (Fsp3) is 0.778. The average Bonchev–Trinajstić information content (AvgIpc) is 2.64. The van der Waals surface area contributed by atoms with Crippen molar-refractivity contribution in [3.8, 4) is 0 Å². The van der Waals surface area contributed by atoms with Gasteiger partial charge in [0.25, 0.3) is 0 Å². The Morgan fingerprint density at radius 2 is 2.36 bits per heavy atom. The van der Waals surface area contributed by atoms with E-state index in [1.165, 1.54) is 7.11 Å². The number of halogens is 1. The largest absolute Gasteiger partial charge is 0.469 e. The van der Waals surface area contributed by atoms with E-state index in [4.69, 9.17) is 4.74 Å². The van der Waals surface area contributed by atoms with Crippen LogP contribution in [0.3, 0.4) is 0 Å². The second kappa shape index (κ2) is 3.53. The molecule has 2 fully saturated rings. The number of esters is 2. The van der Waals surface area contributed by atoms with Crippen molar-refractivity contribution in [1.29, 1.82) is 0 Å². The van der Waals surface area contributed by atoms with E-state index < -0.39 is 0 Å². The van der Waals surface area contributed by atoms with Crippen molar-refractivity contribution < 1.29 is 19.1 Å². The Kier molecular flexibility index (Phi) is 2.51. The number of alkyl halides is 1. The molecule has 0 N–H and O–H groups in total. The molecule has 0 unspecified atom stereocenters. The van der Waals surface area contributed by atoms with Crippen LogP contribution in [0.25, 0.3) is 0 Å². The smallest absolute Gasteiger partial charge is 0.309 e. The minimum absolute atomic E-state index is 0.0913. The molecule has 0 radical (unpaired) electrons. The monoisotopic (exact) mass is 262 g/mol. The van der Waals surface area contributed by atoms with Crippen LogP contribution in [0.1, 0.15) is 12.8 Å². The topological polar surface area (TPSA) is 52.6 Å². The summed E-state index contributed by atoms with van der Waals surface area (Å²) >= 11 is 3.40. The van der Waals surface area contributed by atoms with Crippen molar-refractivity contribution in [3.63, 3.8) is 0 Å². The van der Waals surface area contributed by atoms with Crippen LogP contribution in [0, 0.1) is 11.8 Å². The number of ether oxygens (including phenoxy) is 2. The van der Waals surface area contributed by atoms with Gasteiger partial charge < -0.3 is 9.47 Å². The Balaban J connectivity index is 2.09. The third-order valence-electron chi connectivity index (χ3n) is 2.92. The van der Waals surface area contributed by atoms with E-state index in [9.17, 15) is 9.59 Å². The molecule has 5 heteroatoms. The molecule has 1 saturated carbocycles. The molecular weight excluding hydrogens is 252 g/mol. The van der Waals surface area contributed by atoms with E-state index in [0.29, 0.717) is 12.8 Å². The zero-order valence-corrected chi connectivity index (χ0v) is 9.32. The molecule has 0 aromatic carbocycles. The molecule has 14 heavy (non-hydrogen) atoms. The van der Waals surface area contributed by atoms with Gasteiger partial charge in [-0.15, -0.1) is 0 Å². The molecular formula is C9H11BrO4. The zero-order valence-electron chi connectivity index (χ0n) is 7.73. The number of hydrogen-bond acceptors (Lipinski definition) is 4. The van der Waals surface area contributed by atoms with Gasteiger partial charge in [0.05, 0.1) is 24.3 Å². The van der Waals surface area contributed by atoms with E-state index in [1.54, 1.807) is 0 Å². The molecule has 2 rings (SSSR count). The van der Waals surface area contributed by atoms with Crippen LogP contribution in [-0.4, -0.2) is 30.0 Å². The molecule has 1 heterocycles. The highest BCUT2D eigenvalue weighted by atomic mass is 79.9. The third-order valence-corrected chi connectivity index (χ3v) is 4.08. The van der Waals surface area contributed by atoms with E-state index in [1.807, 2.05) is 0 Å². The lowest BCUT2D eigenvalue weighted by molar-refractivity contribution is -0.147. The maximum Gasteiger partial charge on any atom is 0.309 e. The molecule has 1 aliphatic heterocycles. The number of hydrogen-bond donors (Lipinski definition) is 0. The second-order valence-corrected chi connectivity index (χ2v) is 4.79. The highest BCUT2D eigenvalue weighted by Crippen LogP contribution is 2.44. The Bertz CT molecular complexity index is 278. The van der Waals surface area contributed by atoms with Gasteiger partial charge in [0.2, 0.25) is 0 Å². The minimum atomic E-state index is -0.225. The summed E-state index contributed by atoms with van der Waals surface area (Å²) in [6, 6.07) is 0. The summed E-state index contributed by atoms with van der Waals surface area (Å²) in [6.45, 7) is 0. The molecule has 4 nitrogen and oxygen atoms in total. The molecule has 78 valence electrons. The molecule has 0 aromatic rings. The van der Waals surface area contributed by atoms with Crippen LogP contribution in [0.2, 0.25) is 0 Å². The van der Waals surface area contributed by atoms with Crippen molar-refractivity contribution in [3.05, 3.63) is 0 Å². The van der Waals surface area contributed by atoms with Gasteiger partial charge in [-0.2, -0.15) is 0 Å². The molecule has 0 bridgehead atoms. The van der Waals surface area contributed by atoms with Gasteiger partial charge in [-0.1, -0.05) is 15.9 Å². The first-order valence-electron chi connectivity index (χ1n) is 4.55. The predicted molar refractivity (Wildman–Crippen MR) is 50.8 cm³/mol. The molecule has 1 aliphatic carbocycles. The summed E-state index contributed by atoms with van der Waals surface area (Å²) in [5.41, 5.74) is 0. The van der Waals surface area contributed by atoms with Gasteiger partial charge in [-0.25, -0.2) is 0 Å². The van der Waals surface area contributed by atoms with Gasteiger partial charge in [0, 0.05) is 5.92 Å². The number of methoxy groups -OCH3 is 1. The van der Waals surface area contributed by atoms with Gasteiger partial charge >= 0.3 is 11.9 Å². The first kappa shape index (κ1) is 9.96. The standard InChI is InChI=1S/C9H11BrO4/c1-13-9(12)5-2-4-3-6(11)14-8(4)7(5)10/h4-5,7-8H,2-3H2,1H3/t4-,5-,7+,8+/m1/s1. The van der Waals surface area contributed by atoms with E-state index >= 15 is 0 Å².